The van der Waals surface area contributed by atoms with Crippen molar-refractivity contribution in [2.75, 3.05) is 6.61 Å². The van der Waals surface area contributed by atoms with E-state index in [2.05, 4.69) is 48.9 Å². The Morgan fingerprint density at radius 3 is 2.39 bits per heavy atom. The number of benzene rings is 2. The van der Waals surface area contributed by atoms with Crippen LogP contribution in [0.1, 0.15) is 42.4 Å². The average Bonchev–Trinajstić information content (AvgIpc) is 3.30. The van der Waals surface area contributed by atoms with E-state index < -0.39 is 43.2 Å². The lowest BCUT2D eigenvalue weighted by Crippen LogP contribution is -2.64. The van der Waals surface area contributed by atoms with Crippen LogP contribution in [0.2, 0.25) is 5.02 Å². The van der Waals surface area contributed by atoms with Crippen LogP contribution in [0.5, 0.6) is 0 Å². The van der Waals surface area contributed by atoms with E-state index in [1.54, 1.807) is 28.9 Å². The minimum atomic E-state index is -1.58. The predicted octanol–water partition coefficient (Wildman–Crippen LogP) is 1.58. The molecule has 1 unspecified atom stereocenters. The van der Waals surface area contributed by atoms with Gasteiger partial charge in [-0.3, -0.25) is 14.9 Å². The highest BCUT2D eigenvalue weighted by molar-refractivity contribution is 6.30. The Bertz CT molecular complexity index is 1260. The first-order valence-corrected chi connectivity index (χ1v) is 12.7. The molecule has 1 aromatic heterocycles. The number of carbonyl (C=O) groups excluding carboxylic acids is 1. The molecule has 1 aliphatic rings. The van der Waals surface area contributed by atoms with Gasteiger partial charge in [-0.2, -0.15) is 5.10 Å². The molecule has 2 aromatic carbocycles. The van der Waals surface area contributed by atoms with E-state index in [1.807, 2.05) is 18.2 Å². The molecular formula is C27H33ClN4O6. The van der Waals surface area contributed by atoms with Crippen molar-refractivity contribution in [3.05, 3.63) is 76.4 Å². The maximum atomic E-state index is 13.2. The lowest BCUT2D eigenvalue weighted by Gasteiger charge is -2.40. The SMILES string of the molecule is CC(C)(C)c1ccc(Cn2nc(-c3cccc(Cl)c3)cc2C(=O)NNC2O[C@H](CO)[C@@H](O)[C@H](O)[C@H]2O)cc1. The monoisotopic (exact) mass is 544 g/mol. The summed E-state index contributed by atoms with van der Waals surface area (Å²) in [5, 5.41) is 44.8. The summed E-state index contributed by atoms with van der Waals surface area (Å²) < 4.78 is 6.96. The summed E-state index contributed by atoms with van der Waals surface area (Å²) in [7, 11) is 0. The lowest BCUT2D eigenvalue weighted by molar-refractivity contribution is -0.238. The van der Waals surface area contributed by atoms with Gasteiger partial charge in [0.05, 0.1) is 18.8 Å². The second-order valence-corrected chi connectivity index (χ2v) is 10.8. The molecule has 1 amide bonds. The number of hydrazine groups is 1. The molecule has 11 heteroatoms. The highest BCUT2D eigenvalue weighted by atomic mass is 35.5. The zero-order chi connectivity index (χ0) is 27.6. The molecule has 5 atom stereocenters. The van der Waals surface area contributed by atoms with Crippen LogP contribution in [-0.4, -0.2) is 73.4 Å². The number of aromatic nitrogens is 2. The molecule has 0 spiro atoms. The highest BCUT2D eigenvalue weighted by Gasteiger charge is 2.43. The first-order chi connectivity index (χ1) is 18.0. The summed E-state index contributed by atoms with van der Waals surface area (Å²) in [4.78, 5) is 13.2. The molecule has 0 radical (unpaired) electrons. The van der Waals surface area contributed by atoms with Crippen molar-refractivity contribution in [2.24, 2.45) is 0 Å². The van der Waals surface area contributed by atoms with Gasteiger partial charge in [0.25, 0.3) is 5.91 Å². The van der Waals surface area contributed by atoms with Crippen LogP contribution in [0.15, 0.2) is 54.6 Å². The van der Waals surface area contributed by atoms with Gasteiger partial charge in [0, 0.05) is 10.6 Å². The molecule has 1 fully saturated rings. The Labute approximate surface area is 225 Å². The van der Waals surface area contributed by atoms with Gasteiger partial charge in [0.2, 0.25) is 0 Å². The number of halogens is 1. The van der Waals surface area contributed by atoms with E-state index in [4.69, 9.17) is 16.3 Å². The second-order valence-electron chi connectivity index (χ2n) is 10.4. The fraction of sp³-hybridized carbons (Fsp3) is 0.407. The molecule has 1 aliphatic heterocycles. The van der Waals surface area contributed by atoms with Gasteiger partial charge in [-0.1, -0.05) is 68.8 Å². The Balaban J connectivity index is 1.58. The van der Waals surface area contributed by atoms with Crippen molar-refractivity contribution >= 4 is 17.5 Å². The first-order valence-electron chi connectivity index (χ1n) is 12.3. The van der Waals surface area contributed by atoms with Gasteiger partial charge in [0.1, 0.15) is 30.1 Å². The topological polar surface area (TPSA) is 149 Å². The number of hydrogen-bond acceptors (Lipinski definition) is 8. The Morgan fingerprint density at radius 2 is 1.76 bits per heavy atom. The van der Waals surface area contributed by atoms with E-state index in [0.29, 0.717) is 17.3 Å². The van der Waals surface area contributed by atoms with E-state index in [-0.39, 0.29) is 11.1 Å². The zero-order valence-electron chi connectivity index (χ0n) is 21.4. The van der Waals surface area contributed by atoms with Crippen LogP contribution in [0.3, 0.4) is 0 Å². The van der Waals surface area contributed by atoms with Crippen molar-refractivity contribution in [3.8, 4) is 11.3 Å². The van der Waals surface area contributed by atoms with Crippen molar-refractivity contribution < 1.29 is 30.0 Å². The lowest BCUT2D eigenvalue weighted by atomic mass is 9.87. The van der Waals surface area contributed by atoms with E-state index >= 15 is 0 Å². The van der Waals surface area contributed by atoms with Gasteiger partial charge in [-0.15, -0.1) is 0 Å². The quantitative estimate of drug-likeness (QED) is 0.246. The zero-order valence-corrected chi connectivity index (χ0v) is 22.1. The molecule has 0 bridgehead atoms. The highest BCUT2D eigenvalue weighted by Crippen LogP contribution is 2.25. The number of nitrogens with zero attached hydrogens (tertiary/aromatic N) is 2. The molecule has 38 heavy (non-hydrogen) atoms. The van der Waals surface area contributed by atoms with E-state index in [1.165, 1.54) is 5.56 Å². The second kappa shape index (κ2) is 11.5. The van der Waals surface area contributed by atoms with Crippen LogP contribution in [0.25, 0.3) is 11.3 Å². The van der Waals surface area contributed by atoms with E-state index in [9.17, 15) is 25.2 Å². The smallest absolute Gasteiger partial charge is 0.283 e. The predicted molar refractivity (Wildman–Crippen MR) is 141 cm³/mol. The van der Waals surface area contributed by atoms with Gasteiger partial charge in [-0.25, -0.2) is 5.43 Å². The third-order valence-corrected chi connectivity index (χ3v) is 6.74. The number of aliphatic hydroxyl groups is 4. The summed E-state index contributed by atoms with van der Waals surface area (Å²) >= 11 is 6.16. The molecule has 10 nitrogen and oxygen atoms in total. The van der Waals surface area contributed by atoms with Crippen molar-refractivity contribution in [1.29, 1.82) is 0 Å². The molecule has 6 N–H and O–H groups in total. The Kier molecular flexibility index (Phi) is 8.53. The van der Waals surface area contributed by atoms with Crippen molar-refractivity contribution in [1.82, 2.24) is 20.6 Å². The number of ether oxygens (including phenoxy) is 1. The molecule has 4 rings (SSSR count). The molecule has 204 valence electrons. The third-order valence-electron chi connectivity index (χ3n) is 6.51. The number of carbonyl (C=O) groups is 1. The molecule has 0 saturated carbocycles. The number of amides is 1. The summed E-state index contributed by atoms with van der Waals surface area (Å²) in [6.07, 6.45) is -7.02. The maximum absolute atomic E-state index is 13.2. The van der Waals surface area contributed by atoms with Gasteiger partial charge in [0.15, 0.2) is 6.23 Å². The maximum Gasteiger partial charge on any atom is 0.283 e. The Hall–Kier alpha value is -2.83. The summed E-state index contributed by atoms with van der Waals surface area (Å²) in [5.41, 5.74) is 8.64. The summed E-state index contributed by atoms with van der Waals surface area (Å²) in [5.74, 6) is -0.575. The normalized spacial score (nSPS) is 23.8. The van der Waals surface area contributed by atoms with E-state index in [0.717, 1.165) is 11.1 Å². The molecule has 3 aromatic rings. The molecule has 2 heterocycles. The number of rotatable bonds is 7. The minimum absolute atomic E-state index is 0.00506. The van der Waals surface area contributed by atoms with Gasteiger partial charge < -0.3 is 25.2 Å². The van der Waals surface area contributed by atoms with Crippen LogP contribution < -0.4 is 10.9 Å². The standard InChI is InChI=1S/C27H33ClN4O6/c1-27(2,3)17-9-7-15(8-10-17)13-32-20(12-19(31-32)16-5-4-6-18(28)11-16)25(37)29-30-26-24(36)23(35)22(34)21(14-33)38-26/h4-12,21-24,26,30,33-36H,13-14H2,1-3H3,(H,29,37)/t21-,22-,23+,24-,26?/m1/s1. The average molecular weight is 545 g/mol. The van der Waals surface area contributed by atoms with Gasteiger partial charge in [-0.05, 0) is 34.7 Å². The fourth-order valence-electron chi connectivity index (χ4n) is 4.21. The Morgan fingerprint density at radius 1 is 1.05 bits per heavy atom. The van der Waals surface area contributed by atoms with Crippen LogP contribution in [0.4, 0.5) is 0 Å². The van der Waals surface area contributed by atoms with Crippen LogP contribution >= 0.6 is 11.6 Å². The van der Waals surface area contributed by atoms with Crippen LogP contribution in [0, 0.1) is 0 Å². The summed E-state index contributed by atoms with van der Waals surface area (Å²) in [6, 6.07) is 16.8. The van der Waals surface area contributed by atoms with Crippen molar-refractivity contribution in [2.45, 2.75) is 63.4 Å². The van der Waals surface area contributed by atoms with Gasteiger partial charge >= 0.3 is 0 Å². The molecule has 1 saturated heterocycles. The number of nitrogens with one attached hydrogen (secondary N) is 2. The minimum Gasteiger partial charge on any atom is -0.394 e. The largest absolute Gasteiger partial charge is 0.394 e. The fourth-order valence-corrected chi connectivity index (χ4v) is 4.40. The number of aliphatic hydroxyl groups excluding tert-OH is 4. The summed E-state index contributed by atoms with van der Waals surface area (Å²) in [6.45, 7) is 6.14. The van der Waals surface area contributed by atoms with Crippen LogP contribution in [-0.2, 0) is 16.7 Å². The first kappa shape index (κ1) is 28.2. The number of hydrogen-bond donors (Lipinski definition) is 6. The van der Waals surface area contributed by atoms with Crippen molar-refractivity contribution in [3.63, 3.8) is 0 Å². The third kappa shape index (κ3) is 6.24. The molecule has 0 aliphatic carbocycles. The molecular weight excluding hydrogens is 512 g/mol.